The Balaban J connectivity index is 1.62. The summed E-state index contributed by atoms with van der Waals surface area (Å²) < 4.78 is 13.1. The molecule has 0 atom stereocenters. The molecule has 5 rings (SSSR count). The zero-order valence-corrected chi connectivity index (χ0v) is 15.0. The van der Waals surface area contributed by atoms with E-state index in [4.69, 9.17) is 14.5 Å². The number of rotatable bonds is 4. The normalized spacial score (nSPS) is 12.5. The number of hydrogen-bond acceptors (Lipinski definition) is 4. The van der Waals surface area contributed by atoms with Crippen LogP contribution >= 0.6 is 0 Å². The average molecular weight is 357 g/mol. The van der Waals surface area contributed by atoms with Gasteiger partial charge >= 0.3 is 0 Å². The molecule has 5 heteroatoms. The molecule has 0 saturated carbocycles. The molecule has 0 amide bonds. The lowest BCUT2D eigenvalue weighted by Gasteiger charge is -2.11. The van der Waals surface area contributed by atoms with Gasteiger partial charge in [0.05, 0.1) is 0 Å². The monoisotopic (exact) mass is 357 g/mol. The summed E-state index contributed by atoms with van der Waals surface area (Å²) in [5, 5.41) is 3.59. The van der Waals surface area contributed by atoms with Crippen LogP contribution in [0.25, 0.3) is 16.9 Å². The third-order valence-electron chi connectivity index (χ3n) is 4.79. The first-order valence-electron chi connectivity index (χ1n) is 8.95. The van der Waals surface area contributed by atoms with Crippen molar-refractivity contribution in [3.8, 4) is 22.8 Å². The Morgan fingerprint density at radius 1 is 0.963 bits per heavy atom. The Hall–Kier alpha value is -3.47. The molecular formula is C22H19N3O2. The SMILES string of the molecule is Cc1cccc2nc(-c3ccc4c(c3)OCO4)c(NCc3ccccc3)n12. The summed E-state index contributed by atoms with van der Waals surface area (Å²) in [6.45, 7) is 3.08. The highest BCUT2D eigenvalue weighted by Crippen LogP contribution is 2.38. The summed E-state index contributed by atoms with van der Waals surface area (Å²) in [6, 6.07) is 22.5. The third-order valence-corrected chi connectivity index (χ3v) is 4.79. The van der Waals surface area contributed by atoms with Gasteiger partial charge in [-0.3, -0.25) is 4.40 Å². The summed E-state index contributed by atoms with van der Waals surface area (Å²) in [7, 11) is 0. The molecule has 2 aromatic carbocycles. The minimum absolute atomic E-state index is 0.266. The van der Waals surface area contributed by atoms with Crippen molar-refractivity contribution >= 4 is 11.5 Å². The van der Waals surface area contributed by atoms with Crippen molar-refractivity contribution in [2.24, 2.45) is 0 Å². The average Bonchev–Trinajstić information content (AvgIpc) is 3.31. The Labute approximate surface area is 157 Å². The van der Waals surface area contributed by atoms with Crippen LogP contribution in [0.3, 0.4) is 0 Å². The van der Waals surface area contributed by atoms with Gasteiger partial charge in [-0.15, -0.1) is 0 Å². The summed E-state index contributed by atoms with van der Waals surface area (Å²) >= 11 is 0. The number of ether oxygens (including phenoxy) is 2. The number of imidazole rings is 1. The molecule has 1 aliphatic heterocycles. The molecule has 5 nitrogen and oxygen atoms in total. The van der Waals surface area contributed by atoms with Crippen LogP contribution in [0.15, 0.2) is 66.7 Å². The summed E-state index contributed by atoms with van der Waals surface area (Å²) in [5.74, 6) is 2.51. The molecule has 0 radical (unpaired) electrons. The standard InChI is InChI=1S/C22H19N3O2/c1-15-6-5-9-20-24-21(17-10-11-18-19(12-17)27-14-26-18)22(25(15)20)23-13-16-7-3-2-4-8-16/h2-12,23H,13-14H2,1H3. The first-order valence-corrected chi connectivity index (χ1v) is 8.95. The van der Waals surface area contributed by atoms with Crippen molar-refractivity contribution in [1.82, 2.24) is 9.38 Å². The van der Waals surface area contributed by atoms with Crippen molar-refractivity contribution in [3.63, 3.8) is 0 Å². The highest BCUT2D eigenvalue weighted by Gasteiger charge is 2.19. The minimum Gasteiger partial charge on any atom is -0.454 e. The first kappa shape index (κ1) is 15.8. The fraction of sp³-hybridized carbons (Fsp3) is 0.136. The quantitative estimate of drug-likeness (QED) is 0.577. The van der Waals surface area contributed by atoms with Gasteiger partial charge in [-0.2, -0.15) is 0 Å². The highest BCUT2D eigenvalue weighted by atomic mass is 16.7. The van der Waals surface area contributed by atoms with Crippen LogP contribution in [-0.2, 0) is 6.54 Å². The first-order chi connectivity index (χ1) is 13.3. The minimum atomic E-state index is 0.266. The van der Waals surface area contributed by atoms with Crippen molar-refractivity contribution in [2.75, 3.05) is 12.1 Å². The molecule has 3 heterocycles. The number of aryl methyl sites for hydroxylation is 1. The van der Waals surface area contributed by atoms with E-state index >= 15 is 0 Å². The van der Waals surface area contributed by atoms with E-state index in [1.165, 1.54) is 5.56 Å². The second-order valence-corrected chi connectivity index (χ2v) is 6.58. The summed E-state index contributed by atoms with van der Waals surface area (Å²) in [5.41, 5.74) is 5.16. The molecule has 4 aromatic rings. The number of nitrogens with one attached hydrogen (secondary N) is 1. The zero-order valence-electron chi connectivity index (χ0n) is 15.0. The molecule has 0 bridgehead atoms. The molecule has 2 aromatic heterocycles. The van der Waals surface area contributed by atoms with E-state index in [9.17, 15) is 0 Å². The summed E-state index contributed by atoms with van der Waals surface area (Å²) in [6.07, 6.45) is 0. The highest BCUT2D eigenvalue weighted by molar-refractivity contribution is 5.78. The Bertz CT molecular complexity index is 1120. The van der Waals surface area contributed by atoms with Crippen molar-refractivity contribution in [1.29, 1.82) is 0 Å². The Morgan fingerprint density at radius 3 is 2.70 bits per heavy atom. The smallest absolute Gasteiger partial charge is 0.231 e. The van der Waals surface area contributed by atoms with E-state index in [0.29, 0.717) is 0 Å². The number of pyridine rings is 1. The maximum absolute atomic E-state index is 5.55. The van der Waals surface area contributed by atoms with E-state index in [1.807, 2.05) is 36.4 Å². The lowest BCUT2D eigenvalue weighted by molar-refractivity contribution is 0.174. The molecule has 0 aliphatic carbocycles. The van der Waals surface area contributed by atoms with Crippen LogP contribution in [0.5, 0.6) is 11.5 Å². The van der Waals surface area contributed by atoms with Gasteiger partial charge in [0.15, 0.2) is 11.5 Å². The second-order valence-electron chi connectivity index (χ2n) is 6.58. The van der Waals surface area contributed by atoms with Gasteiger partial charge in [0.1, 0.15) is 17.2 Å². The topological polar surface area (TPSA) is 47.8 Å². The van der Waals surface area contributed by atoms with Gasteiger partial charge in [-0.25, -0.2) is 4.98 Å². The van der Waals surface area contributed by atoms with Crippen molar-refractivity contribution < 1.29 is 9.47 Å². The van der Waals surface area contributed by atoms with Gasteiger partial charge in [-0.1, -0.05) is 36.4 Å². The Kier molecular flexibility index (Phi) is 3.71. The second kappa shape index (κ2) is 6.36. The largest absolute Gasteiger partial charge is 0.454 e. The molecule has 0 unspecified atom stereocenters. The number of hydrogen-bond donors (Lipinski definition) is 1. The number of fused-ring (bicyclic) bond motifs is 2. The van der Waals surface area contributed by atoms with E-state index in [0.717, 1.165) is 46.5 Å². The third kappa shape index (κ3) is 2.77. The van der Waals surface area contributed by atoms with Gasteiger partial charge in [0.25, 0.3) is 0 Å². The number of anilines is 1. The fourth-order valence-corrected chi connectivity index (χ4v) is 3.44. The maximum Gasteiger partial charge on any atom is 0.231 e. The van der Waals surface area contributed by atoms with E-state index in [-0.39, 0.29) is 6.79 Å². The maximum atomic E-state index is 5.55. The van der Waals surface area contributed by atoms with Gasteiger partial charge < -0.3 is 14.8 Å². The van der Waals surface area contributed by atoms with Gasteiger partial charge in [0.2, 0.25) is 6.79 Å². The Morgan fingerprint density at radius 2 is 1.81 bits per heavy atom. The molecule has 0 spiro atoms. The number of nitrogens with zero attached hydrogens (tertiary/aromatic N) is 2. The molecule has 27 heavy (non-hydrogen) atoms. The van der Waals surface area contributed by atoms with Crippen LogP contribution in [0, 0.1) is 6.92 Å². The molecule has 0 fully saturated rings. The van der Waals surface area contributed by atoms with Crippen molar-refractivity contribution in [3.05, 3.63) is 78.0 Å². The van der Waals surface area contributed by atoms with Gasteiger partial charge in [-0.05, 0) is 42.8 Å². The predicted molar refractivity (Wildman–Crippen MR) is 105 cm³/mol. The van der Waals surface area contributed by atoms with E-state index in [2.05, 4.69) is 47.0 Å². The van der Waals surface area contributed by atoms with Gasteiger partial charge in [0, 0.05) is 17.8 Å². The van der Waals surface area contributed by atoms with Crippen molar-refractivity contribution in [2.45, 2.75) is 13.5 Å². The lowest BCUT2D eigenvalue weighted by atomic mass is 10.1. The summed E-state index contributed by atoms with van der Waals surface area (Å²) in [4.78, 5) is 4.89. The molecule has 1 N–H and O–H groups in total. The van der Waals surface area contributed by atoms with Crippen LogP contribution in [-0.4, -0.2) is 16.2 Å². The van der Waals surface area contributed by atoms with E-state index < -0.39 is 0 Å². The molecule has 0 saturated heterocycles. The lowest BCUT2D eigenvalue weighted by Crippen LogP contribution is -2.04. The van der Waals surface area contributed by atoms with Crippen LogP contribution in [0.4, 0.5) is 5.82 Å². The van der Waals surface area contributed by atoms with Crippen LogP contribution < -0.4 is 14.8 Å². The molecule has 1 aliphatic rings. The predicted octanol–water partition coefficient (Wildman–Crippen LogP) is 4.65. The van der Waals surface area contributed by atoms with Crippen LogP contribution in [0.2, 0.25) is 0 Å². The number of aromatic nitrogens is 2. The van der Waals surface area contributed by atoms with Crippen LogP contribution in [0.1, 0.15) is 11.3 Å². The zero-order chi connectivity index (χ0) is 18.2. The number of benzene rings is 2. The van der Waals surface area contributed by atoms with E-state index in [1.54, 1.807) is 0 Å². The fourth-order valence-electron chi connectivity index (χ4n) is 3.44. The molecular weight excluding hydrogens is 338 g/mol. The molecule has 134 valence electrons.